The second-order valence-corrected chi connectivity index (χ2v) is 7.88. The number of thiophene rings is 1. The lowest BCUT2D eigenvalue weighted by Crippen LogP contribution is -2.00. The molecule has 3 N–H and O–H groups in total. The minimum absolute atomic E-state index is 0.0455. The predicted octanol–water partition coefficient (Wildman–Crippen LogP) is 5.74. The maximum atomic E-state index is 13.3. The molecule has 0 aliphatic heterocycles. The minimum Gasteiger partial charge on any atom is -0.508 e. The van der Waals surface area contributed by atoms with Gasteiger partial charge in [0, 0.05) is 26.8 Å². The van der Waals surface area contributed by atoms with Crippen molar-refractivity contribution in [2.24, 2.45) is 0 Å². The molecule has 0 spiro atoms. The zero-order valence-corrected chi connectivity index (χ0v) is 16.5. The average Bonchev–Trinajstić information content (AvgIpc) is 3.37. The second kappa shape index (κ2) is 7.17. The molecule has 0 fully saturated rings. The van der Waals surface area contributed by atoms with E-state index >= 15 is 0 Å². The highest BCUT2D eigenvalue weighted by Gasteiger charge is 2.21. The Hall–Kier alpha value is -3.90. The number of nitrogen functional groups attached to an aromatic ring is 1. The van der Waals surface area contributed by atoms with Crippen LogP contribution in [0.5, 0.6) is 5.75 Å². The van der Waals surface area contributed by atoms with Gasteiger partial charge in [-0.25, -0.2) is 4.98 Å². The van der Waals surface area contributed by atoms with Crippen molar-refractivity contribution in [3.63, 3.8) is 0 Å². The predicted molar refractivity (Wildman–Crippen MR) is 119 cm³/mol. The molecule has 0 unspecified atom stereocenters. The number of benzene rings is 3. The normalized spacial score (nSPS) is 11.1. The van der Waals surface area contributed by atoms with Gasteiger partial charge < -0.3 is 15.3 Å². The summed E-state index contributed by atoms with van der Waals surface area (Å²) in [6.07, 6.45) is 1.47. The largest absolute Gasteiger partial charge is 0.508 e. The number of carbonyl (C=O) groups is 1. The molecule has 0 saturated carbocycles. The molecule has 2 aromatic heterocycles. The van der Waals surface area contributed by atoms with E-state index in [-0.39, 0.29) is 17.4 Å². The molecule has 0 aliphatic carbocycles. The topological polar surface area (TPSA) is 89.3 Å². The van der Waals surface area contributed by atoms with E-state index in [4.69, 9.17) is 10.2 Å². The second-order valence-electron chi connectivity index (χ2n) is 6.83. The maximum Gasteiger partial charge on any atom is 0.228 e. The van der Waals surface area contributed by atoms with Gasteiger partial charge in [0.05, 0.1) is 11.1 Å². The molecule has 0 aliphatic rings. The van der Waals surface area contributed by atoms with Crippen molar-refractivity contribution in [1.29, 1.82) is 0 Å². The number of rotatable bonds is 4. The summed E-state index contributed by atoms with van der Waals surface area (Å²) in [5.41, 5.74) is 8.79. The van der Waals surface area contributed by atoms with Gasteiger partial charge >= 0.3 is 0 Å². The number of hydrogen-bond acceptors (Lipinski definition) is 6. The Labute approximate surface area is 176 Å². The first-order valence-corrected chi connectivity index (χ1v) is 10.1. The van der Waals surface area contributed by atoms with Gasteiger partial charge in [-0.15, -0.1) is 11.3 Å². The van der Waals surface area contributed by atoms with Crippen LogP contribution >= 0.6 is 11.3 Å². The first kappa shape index (κ1) is 18.1. The summed E-state index contributed by atoms with van der Waals surface area (Å²) in [6.45, 7) is 0. The van der Waals surface area contributed by atoms with Gasteiger partial charge in [-0.3, -0.25) is 4.79 Å². The molecule has 0 atom stereocenters. The lowest BCUT2D eigenvalue weighted by molar-refractivity contribution is 0.104. The summed E-state index contributed by atoms with van der Waals surface area (Å²) < 4.78 is 6.25. The molecule has 3 aromatic carbocycles. The Morgan fingerprint density at radius 3 is 2.40 bits per heavy atom. The number of oxazole rings is 1. The Morgan fingerprint density at radius 2 is 1.70 bits per heavy atom. The third-order valence-electron chi connectivity index (χ3n) is 4.86. The van der Waals surface area contributed by atoms with Crippen LogP contribution in [-0.4, -0.2) is 15.9 Å². The van der Waals surface area contributed by atoms with Crippen molar-refractivity contribution in [1.82, 2.24) is 4.98 Å². The number of fused-ring (bicyclic) bond motifs is 1. The molecule has 5 rings (SSSR count). The number of aromatic nitrogens is 1. The minimum atomic E-state index is -0.0455. The van der Waals surface area contributed by atoms with Crippen LogP contribution in [0.1, 0.15) is 15.2 Å². The summed E-state index contributed by atoms with van der Waals surface area (Å²) in [5.74, 6) is 0.829. The Morgan fingerprint density at radius 1 is 0.967 bits per heavy atom. The number of nitrogens with two attached hydrogens (primary N) is 1. The monoisotopic (exact) mass is 412 g/mol. The SMILES string of the molecule is Nc1cnc(-c2ccc(-c3c(C(=O)c4ccccc4)sc4cc(O)ccc34)cc2)o1. The van der Waals surface area contributed by atoms with Crippen LogP contribution < -0.4 is 5.73 Å². The molecular weight excluding hydrogens is 396 g/mol. The molecule has 0 bridgehead atoms. The van der Waals surface area contributed by atoms with Crippen molar-refractivity contribution in [3.8, 4) is 28.3 Å². The van der Waals surface area contributed by atoms with Gasteiger partial charge in [0.15, 0.2) is 0 Å². The highest BCUT2D eigenvalue weighted by molar-refractivity contribution is 7.21. The van der Waals surface area contributed by atoms with E-state index < -0.39 is 0 Å². The van der Waals surface area contributed by atoms with E-state index in [0.29, 0.717) is 16.3 Å². The standard InChI is InChI=1S/C24H16N2O3S/c25-20-13-26-24(29-20)16-8-6-14(7-9-16)21-18-11-10-17(27)12-19(18)30-23(21)22(28)15-4-2-1-3-5-15/h1-13,27H,25H2. The number of aromatic hydroxyl groups is 1. The van der Waals surface area contributed by atoms with Crippen molar-refractivity contribution in [3.05, 3.63) is 89.4 Å². The fourth-order valence-corrected chi connectivity index (χ4v) is 4.67. The van der Waals surface area contributed by atoms with Crippen LogP contribution in [0.2, 0.25) is 0 Å². The van der Waals surface area contributed by atoms with Gasteiger partial charge in [-0.05, 0) is 35.9 Å². The molecule has 0 amide bonds. The highest BCUT2D eigenvalue weighted by Crippen LogP contribution is 2.41. The number of nitrogens with zero attached hydrogens (tertiary/aromatic N) is 1. The third-order valence-corrected chi connectivity index (χ3v) is 6.01. The number of phenolic OH excluding ortho intramolecular Hbond substituents is 1. The smallest absolute Gasteiger partial charge is 0.228 e. The van der Waals surface area contributed by atoms with E-state index in [9.17, 15) is 9.90 Å². The number of hydrogen-bond donors (Lipinski definition) is 2. The van der Waals surface area contributed by atoms with E-state index in [2.05, 4.69) is 4.98 Å². The molecule has 2 heterocycles. The van der Waals surface area contributed by atoms with E-state index in [1.165, 1.54) is 17.5 Å². The first-order valence-electron chi connectivity index (χ1n) is 9.27. The molecule has 0 radical (unpaired) electrons. The zero-order valence-electron chi connectivity index (χ0n) is 15.7. The number of ketones is 1. The molecular formula is C24H16N2O3S. The summed E-state index contributed by atoms with van der Waals surface area (Å²) in [6, 6.07) is 22.0. The average molecular weight is 412 g/mol. The highest BCUT2D eigenvalue weighted by atomic mass is 32.1. The quantitative estimate of drug-likeness (QED) is 0.367. The Kier molecular flexibility index (Phi) is 4.34. The Bertz CT molecular complexity index is 1370. The van der Waals surface area contributed by atoms with Crippen LogP contribution in [0, 0.1) is 0 Å². The van der Waals surface area contributed by atoms with Crippen molar-refractivity contribution in [2.45, 2.75) is 0 Å². The first-order chi connectivity index (χ1) is 14.6. The van der Waals surface area contributed by atoms with Crippen LogP contribution in [0.25, 0.3) is 32.7 Å². The van der Waals surface area contributed by atoms with Gasteiger partial charge in [-0.2, -0.15) is 0 Å². The molecule has 30 heavy (non-hydrogen) atoms. The zero-order chi connectivity index (χ0) is 20.7. The van der Waals surface area contributed by atoms with Gasteiger partial charge in [-0.1, -0.05) is 42.5 Å². The molecule has 5 nitrogen and oxygen atoms in total. The molecule has 5 aromatic rings. The van der Waals surface area contributed by atoms with Crippen LogP contribution in [0.15, 0.2) is 83.4 Å². The fourth-order valence-electron chi connectivity index (χ4n) is 3.45. The molecule has 6 heteroatoms. The number of anilines is 1. The van der Waals surface area contributed by atoms with Gasteiger partial charge in [0.2, 0.25) is 17.6 Å². The number of carbonyl (C=O) groups excluding carboxylic acids is 1. The van der Waals surface area contributed by atoms with E-state index in [1.807, 2.05) is 60.7 Å². The summed E-state index contributed by atoms with van der Waals surface area (Å²) in [4.78, 5) is 18.1. The van der Waals surface area contributed by atoms with Crippen LogP contribution in [0.4, 0.5) is 5.88 Å². The lowest BCUT2D eigenvalue weighted by atomic mass is 9.97. The van der Waals surface area contributed by atoms with E-state index in [0.717, 1.165) is 26.8 Å². The maximum absolute atomic E-state index is 13.3. The Balaban J connectivity index is 1.66. The third kappa shape index (κ3) is 3.13. The van der Waals surface area contributed by atoms with Gasteiger partial charge in [0.1, 0.15) is 5.75 Å². The lowest BCUT2D eigenvalue weighted by Gasteiger charge is -2.06. The van der Waals surface area contributed by atoms with E-state index in [1.54, 1.807) is 12.1 Å². The fraction of sp³-hybridized carbons (Fsp3) is 0. The van der Waals surface area contributed by atoms with Crippen LogP contribution in [-0.2, 0) is 0 Å². The van der Waals surface area contributed by atoms with Crippen molar-refractivity contribution in [2.75, 3.05) is 5.73 Å². The summed E-state index contributed by atoms with van der Waals surface area (Å²) in [7, 11) is 0. The van der Waals surface area contributed by atoms with Crippen molar-refractivity contribution >= 4 is 33.1 Å². The molecule has 146 valence electrons. The molecule has 0 saturated heterocycles. The summed E-state index contributed by atoms with van der Waals surface area (Å²) in [5, 5.41) is 10.8. The van der Waals surface area contributed by atoms with Gasteiger partial charge in [0.25, 0.3) is 0 Å². The van der Waals surface area contributed by atoms with Crippen LogP contribution in [0.3, 0.4) is 0 Å². The van der Waals surface area contributed by atoms with Crippen molar-refractivity contribution < 1.29 is 14.3 Å². The number of phenols is 1. The summed E-state index contributed by atoms with van der Waals surface area (Å²) >= 11 is 1.38.